The number of morpholine rings is 1. The summed E-state index contributed by atoms with van der Waals surface area (Å²) in [5.74, 6) is 3.63. The largest absolute Gasteiger partial charge is 0.495 e. The minimum Gasteiger partial charge on any atom is -0.495 e. The van der Waals surface area contributed by atoms with Gasteiger partial charge < -0.3 is 29.0 Å². The number of rotatable bonds is 10. The summed E-state index contributed by atoms with van der Waals surface area (Å²) in [6, 6.07) is 8.57. The molecule has 1 saturated heterocycles. The summed E-state index contributed by atoms with van der Waals surface area (Å²) < 4.78 is 58.3. The molecule has 6 rings (SSSR count). The lowest BCUT2D eigenvalue weighted by molar-refractivity contribution is 0.0729. The second-order valence-electron chi connectivity index (χ2n) is 11.0. The number of benzene rings is 2. The first-order chi connectivity index (χ1) is 21.8. The summed E-state index contributed by atoms with van der Waals surface area (Å²) in [6.07, 6.45) is 4.32. The molecule has 0 bridgehead atoms. The van der Waals surface area contributed by atoms with Crippen LogP contribution >= 0.6 is 0 Å². The van der Waals surface area contributed by atoms with E-state index in [1.165, 1.54) is 11.4 Å². The number of aryl methyl sites for hydroxylation is 1. The summed E-state index contributed by atoms with van der Waals surface area (Å²) in [7, 11) is 2.25. The molecule has 1 N–H and O–H groups in total. The monoisotopic (exact) mass is 638 g/mol. The van der Waals surface area contributed by atoms with Crippen molar-refractivity contribution >= 4 is 27.0 Å². The smallest absolute Gasteiger partial charge is 0.246 e. The Labute approximate surface area is 262 Å². The van der Waals surface area contributed by atoms with Crippen LogP contribution in [0.3, 0.4) is 0 Å². The molecule has 2 aromatic heterocycles. The Balaban J connectivity index is 1.52. The van der Waals surface area contributed by atoms with Gasteiger partial charge in [-0.25, -0.2) is 22.9 Å². The fourth-order valence-electron chi connectivity index (χ4n) is 6.08. The Bertz CT molecular complexity index is 1790. The number of anilines is 2. The number of nitrogens with one attached hydrogen (secondary N) is 1. The highest BCUT2D eigenvalue weighted by atomic mass is 32.2. The van der Waals surface area contributed by atoms with E-state index in [9.17, 15) is 8.42 Å². The molecule has 13 nitrogen and oxygen atoms in total. The number of methoxy groups -OCH3 is 4. The van der Waals surface area contributed by atoms with Crippen LogP contribution in [0, 0.1) is 6.92 Å². The molecule has 0 amide bonds. The Morgan fingerprint density at radius 1 is 0.889 bits per heavy atom. The molecule has 0 unspecified atom stereocenters. The van der Waals surface area contributed by atoms with Gasteiger partial charge in [0.05, 0.1) is 47.3 Å². The van der Waals surface area contributed by atoms with Crippen molar-refractivity contribution in [2.45, 2.75) is 43.4 Å². The molecule has 0 atom stereocenters. The van der Waals surface area contributed by atoms with Gasteiger partial charge in [-0.05, 0) is 38.0 Å². The van der Waals surface area contributed by atoms with Crippen molar-refractivity contribution in [3.63, 3.8) is 0 Å². The summed E-state index contributed by atoms with van der Waals surface area (Å²) >= 11 is 0. The fourth-order valence-corrected chi connectivity index (χ4v) is 7.67. The highest BCUT2D eigenvalue weighted by Gasteiger charge is 2.31. The normalized spacial score (nSPS) is 16.2. The lowest BCUT2D eigenvalue weighted by Gasteiger charge is -2.26. The Kier molecular flexibility index (Phi) is 8.71. The molecular formula is C31H38N6O7S. The molecular weight excluding hydrogens is 600 g/mol. The standard InChI is InChI=1S/C31H38N6O7S/c1-19-27-30(33-22-17-24(41-3)28(43-5)25(18-22)42-4)34-29(35-37(27)31(32-19)20-8-6-7-9-20)21-10-11-23(40-2)26(16-21)45(38,39)36-12-14-44-15-13-36/h10-11,16-18,20H,6-9,12-15H2,1-5H3,(H,33,34,35). The van der Waals surface area contributed by atoms with E-state index in [0.717, 1.165) is 42.7 Å². The Morgan fingerprint density at radius 2 is 1.56 bits per heavy atom. The third kappa shape index (κ3) is 5.73. The summed E-state index contributed by atoms with van der Waals surface area (Å²) in [6.45, 7) is 3.14. The van der Waals surface area contributed by atoms with Gasteiger partial charge in [0, 0.05) is 42.4 Å². The minimum atomic E-state index is -3.88. The molecule has 0 spiro atoms. The van der Waals surface area contributed by atoms with Crippen LogP contribution in [0.4, 0.5) is 11.5 Å². The van der Waals surface area contributed by atoms with Crippen molar-refractivity contribution in [3.05, 3.63) is 41.9 Å². The molecule has 2 fully saturated rings. The molecule has 3 heterocycles. The van der Waals surface area contributed by atoms with Crippen LogP contribution in [0.2, 0.25) is 0 Å². The molecule has 1 saturated carbocycles. The number of aromatic nitrogens is 4. The van der Waals surface area contributed by atoms with Crippen molar-refractivity contribution in [1.82, 2.24) is 23.9 Å². The van der Waals surface area contributed by atoms with Crippen LogP contribution in [0.25, 0.3) is 16.9 Å². The zero-order valence-corrected chi connectivity index (χ0v) is 26.9. The molecule has 1 aliphatic heterocycles. The number of nitrogens with zero attached hydrogens (tertiary/aromatic N) is 5. The van der Waals surface area contributed by atoms with E-state index in [-0.39, 0.29) is 29.7 Å². The van der Waals surface area contributed by atoms with Crippen LogP contribution in [-0.4, -0.2) is 87.0 Å². The first-order valence-corrected chi connectivity index (χ1v) is 16.3. The molecule has 1 aliphatic carbocycles. The third-order valence-corrected chi connectivity index (χ3v) is 10.3. The lowest BCUT2D eigenvalue weighted by Crippen LogP contribution is -2.40. The predicted molar refractivity (Wildman–Crippen MR) is 168 cm³/mol. The van der Waals surface area contributed by atoms with Gasteiger partial charge in [-0.3, -0.25) is 0 Å². The lowest BCUT2D eigenvalue weighted by atomic mass is 10.1. The highest BCUT2D eigenvalue weighted by molar-refractivity contribution is 7.89. The van der Waals surface area contributed by atoms with Gasteiger partial charge in [0.15, 0.2) is 23.1 Å². The van der Waals surface area contributed by atoms with E-state index in [1.54, 1.807) is 51.7 Å². The van der Waals surface area contributed by atoms with E-state index in [4.69, 9.17) is 38.8 Å². The van der Waals surface area contributed by atoms with Gasteiger partial charge in [0.1, 0.15) is 22.0 Å². The van der Waals surface area contributed by atoms with E-state index >= 15 is 0 Å². The Hall–Kier alpha value is -4.14. The van der Waals surface area contributed by atoms with E-state index in [1.807, 2.05) is 11.4 Å². The maximum atomic E-state index is 13.8. The molecule has 2 aliphatic rings. The molecule has 0 radical (unpaired) electrons. The van der Waals surface area contributed by atoms with Gasteiger partial charge in [-0.2, -0.15) is 4.31 Å². The maximum Gasteiger partial charge on any atom is 0.246 e. The topological polar surface area (TPSA) is 139 Å². The highest BCUT2D eigenvalue weighted by Crippen LogP contribution is 2.42. The van der Waals surface area contributed by atoms with Crippen molar-refractivity contribution in [1.29, 1.82) is 0 Å². The van der Waals surface area contributed by atoms with Gasteiger partial charge in [-0.1, -0.05) is 12.8 Å². The first kappa shape index (κ1) is 30.9. The van der Waals surface area contributed by atoms with E-state index < -0.39 is 10.0 Å². The second kappa shape index (κ2) is 12.7. The first-order valence-electron chi connectivity index (χ1n) is 14.9. The van der Waals surface area contributed by atoms with Gasteiger partial charge >= 0.3 is 0 Å². The van der Waals surface area contributed by atoms with Crippen LogP contribution < -0.4 is 24.3 Å². The quantitative estimate of drug-likeness (QED) is 0.262. The van der Waals surface area contributed by atoms with Crippen molar-refractivity contribution < 1.29 is 32.1 Å². The minimum absolute atomic E-state index is 0.0464. The van der Waals surface area contributed by atoms with Crippen molar-refractivity contribution in [2.24, 2.45) is 0 Å². The SMILES string of the molecule is COc1ccc(-c2nc(Nc3cc(OC)c(OC)c(OC)c3)c3c(C)nc(C4CCCC4)n3n2)cc1S(=O)(=O)N1CCOCC1. The Morgan fingerprint density at radius 3 is 2.18 bits per heavy atom. The van der Waals surface area contributed by atoms with Gasteiger partial charge in [-0.15, -0.1) is 5.10 Å². The van der Waals surface area contributed by atoms with Crippen LogP contribution in [0.1, 0.15) is 43.1 Å². The number of fused-ring (bicyclic) bond motifs is 1. The number of ether oxygens (including phenoxy) is 5. The number of hydrogen-bond donors (Lipinski definition) is 1. The molecule has 240 valence electrons. The summed E-state index contributed by atoms with van der Waals surface area (Å²) in [5, 5.41) is 8.39. The molecule has 4 aromatic rings. The average molecular weight is 639 g/mol. The maximum absolute atomic E-state index is 13.8. The summed E-state index contributed by atoms with van der Waals surface area (Å²) in [4.78, 5) is 9.96. The summed E-state index contributed by atoms with van der Waals surface area (Å²) in [5.41, 5.74) is 2.67. The van der Waals surface area contributed by atoms with Crippen LogP contribution in [0.15, 0.2) is 35.2 Å². The van der Waals surface area contributed by atoms with E-state index in [2.05, 4.69) is 5.32 Å². The average Bonchev–Trinajstić information content (AvgIpc) is 3.72. The van der Waals surface area contributed by atoms with Crippen LogP contribution in [-0.2, 0) is 14.8 Å². The number of hydrogen-bond acceptors (Lipinski definition) is 11. The third-order valence-electron chi connectivity index (χ3n) is 8.35. The zero-order chi connectivity index (χ0) is 31.7. The van der Waals surface area contributed by atoms with E-state index in [0.29, 0.717) is 53.4 Å². The molecule has 45 heavy (non-hydrogen) atoms. The fraction of sp³-hybridized carbons (Fsp3) is 0.452. The van der Waals surface area contributed by atoms with Crippen molar-refractivity contribution in [3.8, 4) is 34.4 Å². The number of imidazole rings is 1. The molecule has 14 heteroatoms. The van der Waals surface area contributed by atoms with Crippen molar-refractivity contribution in [2.75, 3.05) is 60.1 Å². The second-order valence-corrected chi connectivity index (χ2v) is 12.9. The zero-order valence-electron chi connectivity index (χ0n) is 26.1. The predicted octanol–water partition coefficient (Wildman–Crippen LogP) is 4.56. The molecule has 2 aromatic carbocycles. The number of sulfonamides is 1. The van der Waals surface area contributed by atoms with Crippen LogP contribution in [0.5, 0.6) is 23.0 Å². The van der Waals surface area contributed by atoms with Gasteiger partial charge in [0.25, 0.3) is 0 Å². The van der Waals surface area contributed by atoms with Gasteiger partial charge in [0.2, 0.25) is 15.8 Å².